The Labute approximate surface area is 214 Å². The van der Waals surface area contributed by atoms with E-state index >= 15 is 0 Å². The van der Waals surface area contributed by atoms with Gasteiger partial charge in [0.25, 0.3) is 5.56 Å². The highest BCUT2D eigenvalue weighted by Crippen LogP contribution is 2.39. The van der Waals surface area contributed by atoms with Gasteiger partial charge in [-0.15, -0.1) is 11.3 Å². The predicted octanol–water partition coefficient (Wildman–Crippen LogP) is 6.56. The van der Waals surface area contributed by atoms with Gasteiger partial charge in [-0.2, -0.15) is 0 Å². The fourth-order valence-corrected chi connectivity index (χ4v) is 6.75. The van der Waals surface area contributed by atoms with Gasteiger partial charge in [0.1, 0.15) is 16.4 Å². The van der Waals surface area contributed by atoms with Crippen molar-refractivity contribution in [3.63, 3.8) is 0 Å². The summed E-state index contributed by atoms with van der Waals surface area (Å²) in [6, 6.07) is 9.78. The minimum Gasteiger partial charge on any atom is -0.506 e. The number of hydrogen-bond donors (Lipinski definition) is 1. The molecule has 1 aliphatic carbocycles. The summed E-state index contributed by atoms with van der Waals surface area (Å²) in [5.74, 6) is 3.24. The van der Waals surface area contributed by atoms with Gasteiger partial charge in [-0.05, 0) is 60.6 Å². The molecule has 188 valence electrons. The van der Waals surface area contributed by atoms with Gasteiger partial charge in [0.05, 0.1) is 16.6 Å². The first-order valence-corrected chi connectivity index (χ1v) is 14.0. The number of hydrogen-bond acceptors (Lipinski definition) is 6. The highest BCUT2D eigenvalue weighted by atomic mass is 32.1. The first-order chi connectivity index (χ1) is 17.6. The molecule has 2 aliphatic rings. The van der Waals surface area contributed by atoms with Gasteiger partial charge in [0.2, 0.25) is 6.79 Å². The third-order valence-electron chi connectivity index (χ3n) is 7.66. The Morgan fingerprint density at radius 2 is 1.92 bits per heavy atom. The van der Waals surface area contributed by atoms with Crippen LogP contribution in [0.25, 0.3) is 20.3 Å². The summed E-state index contributed by atoms with van der Waals surface area (Å²) >= 11 is 1.43. The Hall–Kier alpha value is -3.06. The van der Waals surface area contributed by atoms with Crippen molar-refractivity contribution in [3.05, 3.63) is 57.6 Å². The number of nitrogens with zero attached hydrogens (tertiary/aromatic N) is 2. The molecule has 0 amide bonds. The number of fused-ring (bicyclic) bond motifs is 4. The fraction of sp³-hybridized carbons (Fsp3) is 0.448. The maximum absolute atomic E-state index is 14.1. The molecule has 0 bridgehead atoms. The van der Waals surface area contributed by atoms with Crippen LogP contribution < -0.4 is 15.0 Å². The Morgan fingerprint density at radius 3 is 2.75 bits per heavy atom. The standard InChI is InChI=1S/C29H32N2O4S/c1-2-3-6-19-13-21-26-28(36-27(21)22(32)14-19)30-25(12-10-18-7-4-5-8-18)31(29(26)33)16-20-9-11-23-24(15-20)35-17-34-23/h9,11,13-15,18,32H,2-8,10,12,16-17H2,1H3. The number of aromatic hydroxyl groups is 1. The third kappa shape index (κ3) is 4.34. The van der Waals surface area contributed by atoms with E-state index in [0.29, 0.717) is 23.6 Å². The molecule has 1 saturated carbocycles. The van der Waals surface area contributed by atoms with E-state index < -0.39 is 0 Å². The van der Waals surface area contributed by atoms with Crippen LogP contribution in [-0.4, -0.2) is 21.5 Å². The molecule has 1 N–H and O–H groups in total. The van der Waals surface area contributed by atoms with Crippen LogP contribution in [-0.2, 0) is 19.4 Å². The second-order valence-corrected chi connectivity index (χ2v) is 11.2. The van der Waals surface area contributed by atoms with E-state index in [1.165, 1.54) is 37.0 Å². The highest BCUT2D eigenvalue weighted by molar-refractivity contribution is 7.25. The van der Waals surface area contributed by atoms with E-state index in [2.05, 4.69) is 13.0 Å². The summed E-state index contributed by atoms with van der Waals surface area (Å²) in [5, 5.41) is 12.2. The zero-order chi connectivity index (χ0) is 24.6. The van der Waals surface area contributed by atoms with E-state index in [4.69, 9.17) is 14.5 Å². The molecule has 4 aromatic rings. The first kappa shape index (κ1) is 23.3. The molecular formula is C29H32N2O4S. The Bertz CT molecular complexity index is 1480. The Kier molecular flexibility index (Phi) is 6.34. The molecule has 0 atom stereocenters. The molecule has 6 nitrogen and oxygen atoms in total. The summed E-state index contributed by atoms with van der Waals surface area (Å²) in [6.07, 6.45) is 9.99. The summed E-state index contributed by atoms with van der Waals surface area (Å²) in [6.45, 7) is 2.81. The average Bonchev–Trinajstić information content (AvgIpc) is 3.63. The van der Waals surface area contributed by atoms with Crippen molar-refractivity contribution < 1.29 is 14.6 Å². The third-order valence-corrected chi connectivity index (χ3v) is 8.78. The van der Waals surface area contributed by atoms with Crippen LogP contribution in [0.15, 0.2) is 35.1 Å². The van der Waals surface area contributed by atoms with Crippen LogP contribution in [0.4, 0.5) is 0 Å². The molecule has 0 radical (unpaired) electrons. The van der Waals surface area contributed by atoms with Crippen molar-refractivity contribution >= 4 is 31.6 Å². The second kappa shape index (κ2) is 9.77. The Morgan fingerprint density at radius 1 is 1.08 bits per heavy atom. The van der Waals surface area contributed by atoms with Crippen molar-refractivity contribution in [2.45, 2.75) is 71.3 Å². The van der Waals surface area contributed by atoms with Crippen molar-refractivity contribution in [1.82, 2.24) is 9.55 Å². The lowest BCUT2D eigenvalue weighted by Gasteiger charge is -2.15. The highest BCUT2D eigenvalue weighted by Gasteiger charge is 2.22. The second-order valence-electron chi connectivity index (χ2n) is 10.2. The van der Waals surface area contributed by atoms with Gasteiger partial charge >= 0.3 is 0 Å². The molecular weight excluding hydrogens is 472 g/mol. The van der Waals surface area contributed by atoms with Gasteiger partial charge in [0, 0.05) is 11.8 Å². The monoisotopic (exact) mass is 504 g/mol. The maximum atomic E-state index is 14.1. The first-order valence-electron chi connectivity index (χ1n) is 13.2. The molecule has 0 saturated heterocycles. The van der Waals surface area contributed by atoms with Crippen molar-refractivity contribution in [1.29, 1.82) is 0 Å². The lowest BCUT2D eigenvalue weighted by Crippen LogP contribution is -2.26. The lowest BCUT2D eigenvalue weighted by molar-refractivity contribution is 0.174. The van der Waals surface area contributed by atoms with Crippen LogP contribution in [0.5, 0.6) is 17.2 Å². The van der Waals surface area contributed by atoms with Gasteiger partial charge < -0.3 is 14.6 Å². The lowest BCUT2D eigenvalue weighted by atomic mass is 10.0. The molecule has 2 aromatic heterocycles. The van der Waals surface area contributed by atoms with Gasteiger partial charge in [-0.3, -0.25) is 9.36 Å². The number of unbranched alkanes of at least 4 members (excludes halogenated alkanes) is 1. The van der Waals surface area contributed by atoms with E-state index in [0.717, 1.165) is 69.7 Å². The van der Waals surface area contributed by atoms with Crippen LogP contribution >= 0.6 is 11.3 Å². The molecule has 36 heavy (non-hydrogen) atoms. The topological polar surface area (TPSA) is 73.6 Å². The van der Waals surface area contributed by atoms with E-state index in [1.807, 2.05) is 28.8 Å². The van der Waals surface area contributed by atoms with Crippen LogP contribution in [0, 0.1) is 5.92 Å². The number of benzene rings is 2. The largest absolute Gasteiger partial charge is 0.506 e. The van der Waals surface area contributed by atoms with Crippen molar-refractivity contribution in [3.8, 4) is 17.2 Å². The van der Waals surface area contributed by atoms with Crippen LogP contribution in [0.2, 0.25) is 0 Å². The van der Waals surface area contributed by atoms with Crippen molar-refractivity contribution in [2.24, 2.45) is 5.92 Å². The van der Waals surface area contributed by atoms with E-state index in [9.17, 15) is 9.90 Å². The molecule has 0 unspecified atom stereocenters. The molecule has 2 aromatic carbocycles. The summed E-state index contributed by atoms with van der Waals surface area (Å²) in [5.41, 5.74) is 2.02. The summed E-state index contributed by atoms with van der Waals surface area (Å²) in [4.78, 5) is 19.9. The normalized spacial score (nSPS) is 15.5. The molecule has 0 spiro atoms. The van der Waals surface area contributed by atoms with Crippen LogP contribution in [0.1, 0.15) is 68.8 Å². The minimum absolute atomic E-state index is 0.0302. The van der Waals surface area contributed by atoms with E-state index in [-0.39, 0.29) is 18.1 Å². The maximum Gasteiger partial charge on any atom is 0.263 e. The number of rotatable bonds is 8. The minimum atomic E-state index is -0.0302. The smallest absolute Gasteiger partial charge is 0.263 e. The van der Waals surface area contributed by atoms with Gasteiger partial charge in [-0.1, -0.05) is 45.1 Å². The zero-order valence-corrected chi connectivity index (χ0v) is 21.5. The fourth-order valence-electron chi connectivity index (χ4n) is 5.68. The summed E-state index contributed by atoms with van der Waals surface area (Å²) in [7, 11) is 0. The molecule has 1 fully saturated rings. The number of phenolic OH excluding ortho intramolecular Hbond substituents is 1. The average molecular weight is 505 g/mol. The SMILES string of the molecule is CCCCc1cc(O)c2sc3nc(CCC4CCCC4)n(Cc4ccc5c(c4)OCO5)c(=O)c3c2c1. The van der Waals surface area contributed by atoms with Gasteiger partial charge in [-0.25, -0.2) is 4.98 Å². The predicted molar refractivity (Wildman–Crippen MR) is 144 cm³/mol. The number of ether oxygens (including phenoxy) is 2. The number of aromatic nitrogens is 2. The molecule has 6 rings (SSSR count). The quantitative estimate of drug-likeness (QED) is 0.294. The number of thiophene rings is 1. The van der Waals surface area contributed by atoms with E-state index in [1.54, 1.807) is 0 Å². The van der Waals surface area contributed by atoms with Crippen LogP contribution in [0.3, 0.4) is 0 Å². The Balaban J connectivity index is 1.46. The number of aryl methyl sites for hydroxylation is 2. The zero-order valence-electron chi connectivity index (χ0n) is 20.7. The van der Waals surface area contributed by atoms with Gasteiger partial charge in [0.15, 0.2) is 11.5 Å². The number of phenols is 1. The summed E-state index contributed by atoms with van der Waals surface area (Å²) < 4.78 is 13.6. The molecule has 1 aliphatic heterocycles. The molecule has 3 heterocycles. The van der Waals surface area contributed by atoms with Crippen molar-refractivity contribution in [2.75, 3.05) is 6.79 Å². The molecule has 7 heteroatoms.